The van der Waals surface area contributed by atoms with E-state index in [0.29, 0.717) is 29.4 Å². The van der Waals surface area contributed by atoms with Gasteiger partial charge in [0.15, 0.2) is 11.5 Å². The maximum Gasteiger partial charge on any atom is 0.227 e. The fourth-order valence-electron chi connectivity index (χ4n) is 4.25. The smallest absolute Gasteiger partial charge is 0.227 e. The first-order valence-corrected chi connectivity index (χ1v) is 12.7. The van der Waals surface area contributed by atoms with Crippen LogP contribution in [-0.4, -0.2) is 55.7 Å². The number of aromatic nitrogens is 5. The number of hydrogen-bond donors (Lipinski definition) is 3. The van der Waals surface area contributed by atoms with Crippen molar-refractivity contribution in [3.63, 3.8) is 0 Å². The summed E-state index contributed by atoms with van der Waals surface area (Å²) in [5.41, 5.74) is 5.46. The number of fused-ring (bicyclic) bond motifs is 1. The molecule has 0 aromatic carbocycles. The molecule has 10 nitrogen and oxygen atoms in total. The average Bonchev–Trinajstić information content (AvgIpc) is 3.71. The highest BCUT2D eigenvalue weighted by Gasteiger charge is 2.29. The highest BCUT2D eigenvalue weighted by Crippen LogP contribution is 2.31. The van der Waals surface area contributed by atoms with Gasteiger partial charge in [-0.15, -0.1) is 0 Å². The van der Waals surface area contributed by atoms with Crippen molar-refractivity contribution >= 4 is 40.3 Å². The van der Waals surface area contributed by atoms with Crippen molar-refractivity contribution in [3.8, 4) is 11.1 Å². The van der Waals surface area contributed by atoms with Gasteiger partial charge in [-0.25, -0.2) is 4.98 Å². The molecule has 190 valence electrons. The Morgan fingerprint density at radius 2 is 2.00 bits per heavy atom. The Kier molecular flexibility index (Phi) is 6.43. The van der Waals surface area contributed by atoms with Crippen molar-refractivity contribution in [2.45, 2.75) is 32.2 Å². The number of aromatic amines is 1. The van der Waals surface area contributed by atoms with Crippen LogP contribution in [0.1, 0.15) is 37.6 Å². The monoisotopic (exact) mass is 505 g/mol. The van der Waals surface area contributed by atoms with Crippen molar-refractivity contribution in [1.29, 1.82) is 0 Å². The maximum absolute atomic E-state index is 12.2. The van der Waals surface area contributed by atoms with Crippen molar-refractivity contribution < 1.29 is 4.79 Å². The molecule has 4 aromatic heterocycles. The molecule has 38 heavy (non-hydrogen) atoms. The van der Waals surface area contributed by atoms with Gasteiger partial charge < -0.3 is 10.6 Å². The molecule has 1 amide bonds. The fourth-order valence-corrected chi connectivity index (χ4v) is 4.25. The maximum atomic E-state index is 12.2. The van der Waals surface area contributed by atoms with Crippen LogP contribution in [0.5, 0.6) is 0 Å². The molecular formula is C28H27N9O. The molecule has 10 heteroatoms. The van der Waals surface area contributed by atoms with Crippen LogP contribution in [0.4, 0.5) is 5.69 Å². The molecule has 4 aromatic rings. The van der Waals surface area contributed by atoms with Crippen molar-refractivity contribution in [1.82, 2.24) is 30.5 Å². The molecule has 2 aliphatic rings. The number of amidine groups is 1. The van der Waals surface area contributed by atoms with Gasteiger partial charge in [-0.1, -0.05) is 13.0 Å². The average molecular weight is 506 g/mol. The molecule has 1 fully saturated rings. The topological polar surface area (TPSA) is 133 Å². The van der Waals surface area contributed by atoms with Gasteiger partial charge in [0.2, 0.25) is 5.91 Å². The molecule has 1 atom stereocenters. The molecule has 0 saturated heterocycles. The van der Waals surface area contributed by atoms with E-state index >= 15 is 0 Å². The van der Waals surface area contributed by atoms with Crippen LogP contribution in [-0.2, 0) is 4.79 Å². The highest BCUT2D eigenvalue weighted by molar-refractivity contribution is 6.08. The Morgan fingerprint density at radius 3 is 2.82 bits per heavy atom. The van der Waals surface area contributed by atoms with Gasteiger partial charge in [0.25, 0.3) is 0 Å². The third kappa shape index (κ3) is 5.06. The van der Waals surface area contributed by atoms with E-state index in [9.17, 15) is 4.79 Å². The second kappa shape index (κ2) is 10.3. The lowest BCUT2D eigenvalue weighted by Crippen LogP contribution is -2.36. The predicted octanol–water partition coefficient (Wildman–Crippen LogP) is 4.00. The number of carbonyl (C=O) groups is 1. The van der Waals surface area contributed by atoms with Gasteiger partial charge >= 0.3 is 0 Å². The minimum Gasteiger partial charge on any atom is -0.361 e. The Balaban J connectivity index is 1.35. The molecule has 5 heterocycles. The number of amides is 1. The molecule has 3 N–H and O–H groups in total. The molecular weight excluding hydrogens is 478 g/mol. The number of aliphatic imine (C=N–C) groups is 2. The zero-order valence-corrected chi connectivity index (χ0v) is 20.9. The Hall–Kier alpha value is -4.73. The molecule has 0 bridgehead atoms. The first-order chi connectivity index (χ1) is 18.7. The van der Waals surface area contributed by atoms with E-state index < -0.39 is 0 Å². The minimum absolute atomic E-state index is 0.0214. The number of anilines is 1. The molecule has 0 spiro atoms. The number of nitrogens with zero attached hydrogens (tertiary/aromatic N) is 6. The van der Waals surface area contributed by atoms with Crippen LogP contribution >= 0.6 is 0 Å². The molecule has 1 unspecified atom stereocenters. The molecule has 6 rings (SSSR count). The lowest BCUT2D eigenvalue weighted by Gasteiger charge is -2.14. The van der Waals surface area contributed by atoms with E-state index in [-0.39, 0.29) is 17.9 Å². The standard InChI is InChI=1S/C28H27N9O/c1-2-21-15-30-12-20(24-5-3-4-8-31-24)14-33-27(34-21)25-23-10-19(13-32-26(23)37-36-25)18-9-22(16-29-11-18)35-28(38)17-6-7-17/h3-5,8-13,15-17,21H,2,6-7,14H2,1H3,(H,33,34)(H,35,38)(H,32,36,37)/b20-12+,30-15-. The summed E-state index contributed by atoms with van der Waals surface area (Å²) in [5.74, 6) is 0.823. The van der Waals surface area contributed by atoms with Gasteiger partial charge in [-0.05, 0) is 43.5 Å². The van der Waals surface area contributed by atoms with Crippen molar-refractivity contribution in [3.05, 3.63) is 72.7 Å². The first kappa shape index (κ1) is 23.7. The van der Waals surface area contributed by atoms with Crippen LogP contribution in [0.3, 0.4) is 0 Å². The van der Waals surface area contributed by atoms with E-state index in [1.807, 2.05) is 42.7 Å². The summed E-state index contributed by atoms with van der Waals surface area (Å²) >= 11 is 0. The van der Waals surface area contributed by atoms with Crippen molar-refractivity contribution in [2.24, 2.45) is 15.9 Å². The van der Waals surface area contributed by atoms with Gasteiger partial charge in [-0.3, -0.25) is 29.8 Å². The van der Waals surface area contributed by atoms with Crippen LogP contribution in [0.25, 0.3) is 27.7 Å². The quantitative estimate of drug-likeness (QED) is 0.363. The van der Waals surface area contributed by atoms with E-state index in [1.165, 1.54) is 0 Å². The summed E-state index contributed by atoms with van der Waals surface area (Å²) in [6, 6.07) is 9.71. The Bertz CT molecular complexity index is 1570. The zero-order valence-electron chi connectivity index (χ0n) is 20.9. The fraction of sp³-hybridized carbons (Fsp3) is 0.250. The molecule has 0 radical (unpaired) electrons. The van der Waals surface area contributed by atoms with Gasteiger partial charge in [0.05, 0.1) is 35.6 Å². The summed E-state index contributed by atoms with van der Waals surface area (Å²) in [6.45, 7) is 2.48. The van der Waals surface area contributed by atoms with E-state index in [1.54, 1.807) is 24.8 Å². The summed E-state index contributed by atoms with van der Waals surface area (Å²) < 4.78 is 0. The number of nitrogens with one attached hydrogen (secondary N) is 3. The second-order valence-corrected chi connectivity index (χ2v) is 9.41. The van der Waals surface area contributed by atoms with Crippen LogP contribution < -0.4 is 10.6 Å². The number of hydrogen-bond acceptors (Lipinski definition) is 8. The Morgan fingerprint density at radius 1 is 1.11 bits per heavy atom. The largest absolute Gasteiger partial charge is 0.361 e. The number of H-pyrrole nitrogens is 1. The first-order valence-electron chi connectivity index (χ1n) is 12.7. The lowest BCUT2D eigenvalue weighted by atomic mass is 10.1. The Labute approximate surface area is 219 Å². The predicted molar refractivity (Wildman–Crippen MR) is 148 cm³/mol. The van der Waals surface area contributed by atoms with Gasteiger partial charge in [0.1, 0.15) is 5.69 Å². The van der Waals surface area contributed by atoms with Crippen LogP contribution in [0.15, 0.2) is 71.3 Å². The molecule has 1 saturated carbocycles. The zero-order chi connectivity index (χ0) is 25.9. The summed E-state index contributed by atoms with van der Waals surface area (Å²) in [4.78, 5) is 35.1. The SMILES string of the molecule is CCC1/C=N\C=C(\c2ccccn2)C/N=C(/c2n[nH]c3ncc(-c4cncc(NC(=O)C5CC5)c4)cc23)N1. The number of pyridine rings is 3. The highest BCUT2D eigenvalue weighted by atomic mass is 16.2. The van der Waals surface area contributed by atoms with Crippen LogP contribution in [0.2, 0.25) is 0 Å². The number of carbonyl (C=O) groups excluding carboxylic acids is 1. The molecule has 1 aliphatic heterocycles. The van der Waals surface area contributed by atoms with Gasteiger partial charge in [0, 0.05) is 53.6 Å². The van der Waals surface area contributed by atoms with E-state index in [2.05, 4.69) is 47.7 Å². The second-order valence-electron chi connectivity index (χ2n) is 9.41. The summed E-state index contributed by atoms with van der Waals surface area (Å²) in [6.07, 6.45) is 13.4. The van der Waals surface area contributed by atoms with E-state index in [4.69, 9.17) is 4.99 Å². The summed E-state index contributed by atoms with van der Waals surface area (Å²) in [7, 11) is 0. The minimum atomic E-state index is -0.0214. The van der Waals surface area contributed by atoms with Crippen LogP contribution in [0, 0.1) is 5.92 Å². The summed E-state index contributed by atoms with van der Waals surface area (Å²) in [5, 5.41) is 14.9. The third-order valence-electron chi connectivity index (χ3n) is 6.59. The van der Waals surface area contributed by atoms with Crippen molar-refractivity contribution in [2.75, 3.05) is 11.9 Å². The van der Waals surface area contributed by atoms with Gasteiger partial charge in [-0.2, -0.15) is 5.10 Å². The number of rotatable bonds is 6. The lowest BCUT2D eigenvalue weighted by molar-refractivity contribution is -0.117. The third-order valence-corrected chi connectivity index (χ3v) is 6.59. The normalized spacial score (nSPS) is 21.1. The molecule has 1 aliphatic carbocycles. The van der Waals surface area contributed by atoms with E-state index in [0.717, 1.165) is 47.0 Å².